The van der Waals surface area contributed by atoms with Gasteiger partial charge in [-0.2, -0.15) is 5.10 Å². The number of fused-ring (bicyclic) bond motifs is 1. The smallest absolute Gasteiger partial charge is 0.152 e. The summed E-state index contributed by atoms with van der Waals surface area (Å²) >= 11 is 6.03. The number of nitrogens with zero attached hydrogens (tertiary/aromatic N) is 3. The van der Waals surface area contributed by atoms with Crippen LogP contribution in [0.2, 0.25) is 0 Å². The summed E-state index contributed by atoms with van der Waals surface area (Å²) in [6.45, 7) is 10.8. The molecule has 0 radical (unpaired) electrons. The number of alkyl halides is 1. The van der Waals surface area contributed by atoms with Gasteiger partial charge in [0, 0.05) is 29.7 Å². The van der Waals surface area contributed by atoms with Crippen LogP contribution in [0.15, 0.2) is 18.5 Å². The predicted octanol–water partition coefficient (Wildman–Crippen LogP) is 3.70. The Morgan fingerprint density at radius 3 is 2.60 bits per heavy atom. The van der Waals surface area contributed by atoms with E-state index in [1.54, 1.807) is 6.20 Å². The van der Waals surface area contributed by atoms with Gasteiger partial charge in [-0.1, -0.05) is 34.6 Å². The Labute approximate surface area is 125 Å². The Hall–Kier alpha value is -1.29. The molecule has 0 fully saturated rings. The second kappa shape index (κ2) is 5.60. The molecule has 2 heterocycles. The van der Waals surface area contributed by atoms with Crippen LogP contribution in [-0.2, 0) is 5.41 Å². The van der Waals surface area contributed by atoms with Gasteiger partial charge in [0.2, 0.25) is 0 Å². The van der Waals surface area contributed by atoms with E-state index in [1.807, 2.05) is 10.7 Å². The molecule has 4 nitrogen and oxygen atoms in total. The maximum atomic E-state index is 6.03. The van der Waals surface area contributed by atoms with E-state index >= 15 is 0 Å². The Kier molecular flexibility index (Phi) is 4.23. The molecule has 1 N–H and O–H groups in total. The van der Waals surface area contributed by atoms with E-state index in [9.17, 15) is 0 Å². The standard InChI is InChI=1S/C15H23ClN4/c1-10(2)11(9-16)18-14-12-8-13(15(3,4)5)19-20(12)7-6-17-14/h6-8,10-11H,9H2,1-5H3,(H,17,18). The summed E-state index contributed by atoms with van der Waals surface area (Å²) in [5.74, 6) is 1.84. The lowest BCUT2D eigenvalue weighted by Gasteiger charge is -2.20. The molecule has 0 aromatic carbocycles. The van der Waals surface area contributed by atoms with Gasteiger partial charge < -0.3 is 5.32 Å². The Morgan fingerprint density at radius 2 is 2.05 bits per heavy atom. The number of hydrogen-bond acceptors (Lipinski definition) is 3. The molecular weight excluding hydrogens is 272 g/mol. The third-order valence-corrected chi connectivity index (χ3v) is 3.78. The maximum Gasteiger partial charge on any atom is 0.152 e. The molecule has 0 bridgehead atoms. The molecule has 2 aromatic heterocycles. The minimum absolute atomic E-state index is 0.0211. The average molecular weight is 295 g/mol. The van der Waals surface area contributed by atoms with Gasteiger partial charge in [-0.25, -0.2) is 9.50 Å². The van der Waals surface area contributed by atoms with Crippen molar-refractivity contribution in [3.63, 3.8) is 0 Å². The van der Waals surface area contributed by atoms with E-state index in [0.717, 1.165) is 17.0 Å². The SMILES string of the molecule is CC(C)C(CCl)Nc1nccn2nc(C(C)(C)C)cc12. The van der Waals surface area contributed by atoms with Crippen LogP contribution in [0.3, 0.4) is 0 Å². The summed E-state index contributed by atoms with van der Waals surface area (Å²) in [5.41, 5.74) is 2.07. The van der Waals surface area contributed by atoms with Crippen molar-refractivity contribution in [1.29, 1.82) is 0 Å². The van der Waals surface area contributed by atoms with Crippen LogP contribution in [-0.4, -0.2) is 26.5 Å². The van der Waals surface area contributed by atoms with Crippen LogP contribution in [0, 0.1) is 5.92 Å². The lowest BCUT2D eigenvalue weighted by molar-refractivity contribution is 0.561. The van der Waals surface area contributed by atoms with E-state index < -0.39 is 0 Å². The van der Waals surface area contributed by atoms with E-state index in [-0.39, 0.29) is 11.5 Å². The largest absolute Gasteiger partial charge is 0.364 e. The molecule has 2 aromatic rings. The van der Waals surface area contributed by atoms with Crippen molar-refractivity contribution in [2.24, 2.45) is 5.92 Å². The van der Waals surface area contributed by atoms with Crippen LogP contribution < -0.4 is 5.32 Å². The normalized spacial score (nSPS) is 13.9. The summed E-state index contributed by atoms with van der Waals surface area (Å²) in [6, 6.07) is 2.30. The third-order valence-electron chi connectivity index (χ3n) is 3.45. The molecule has 0 saturated carbocycles. The van der Waals surface area contributed by atoms with Gasteiger partial charge in [-0.15, -0.1) is 11.6 Å². The second-order valence-corrected chi connectivity index (χ2v) is 6.84. The Balaban J connectivity index is 2.41. The van der Waals surface area contributed by atoms with Gasteiger partial charge in [0.05, 0.1) is 5.69 Å². The zero-order valence-corrected chi connectivity index (χ0v) is 13.6. The van der Waals surface area contributed by atoms with Crippen molar-refractivity contribution in [1.82, 2.24) is 14.6 Å². The van der Waals surface area contributed by atoms with Crippen molar-refractivity contribution >= 4 is 22.9 Å². The topological polar surface area (TPSA) is 42.2 Å². The molecule has 0 aliphatic heterocycles. The first-order valence-corrected chi connectivity index (χ1v) is 7.53. The lowest BCUT2D eigenvalue weighted by Crippen LogP contribution is -2.28. The van der Waals surface area contributed by atoms with Crippen LogP contribution in [0.1, 0.15) is 40.3 Å². The quantitative estimate of drug-likeness (QED) is 0.874. The highest BCUT2D eigenvalue weighted by molar-refractivity contribution is 6.18. The fourth-order valence-corrected chi connectivity index (χ4v) is 2.39. The molecule has 0 amide bonds. The molecule has 110 valence electrons. The van der Waals surface area contributed by atoms with Gasteiger partial charge in [-0.3, -0.25) is 0 Å². The number of anilines is 1. The molecule has 0 aliphatic rings. The third kappa shape index (κ3) is 3.06. The van der Waals surface area contributed by atoms with Crippen LogP contribution in [0.25, 0.3) is 5.52 Å². The highest BCUT2D eigenvalue weighted by Gasteiger charge is 2.20. The fourth-order valence-electron chi connectivity index (χ4n) is 1.96. The van der Waals surface area contributed by atoms with Crippen LogP contribution in [0.5, 0.6) is 0 Å². The summed E-state index contributed by atoms with van der Waals surface area (Å²) in [7, 11) is 0. The van der Waals surface area contributed by atoms with Crippen LogP contribution in [0.4, 0.5) is 5.82 Å². The van der Waals surface area contributed by atoms with Crippen LogP contribution >= 0.6 is 11.6 Å². The van der Waals surface area contributed by atoms with Crippen molar-refractivity contribution in [2.75, 3.05) is 11.2 Å². The van der Waals surface area contributed by atoms with Gasteiger partial charge in [0.25, 0.3) is 0 Å². The minimum atomic E-state index is 0.0211. The Morgan fingerprint density at radius 1 is 1.35 bits per heavy atom. The summed E-state index contributed by atoms with van der Waals surface area (Å²) < 4.78 is 1.88. The highest BCUT2D eigenvalue weighted by Crippen LogP contribution is 2.25. The monoisotopic (exact) mass is 294 g/mol. The number of halogens is 1. The molecule has 2 rings (SSSR count). The van der Waals surface area contributed by atoms with E-state index in [2.05, 4.69) is 56.1 Å². The number of aromatic nitrogens is 3. The first-order valence-electron chi connectivity index (χ1n) is 7.00. The molecule has 0 aliphatic carbocycles. The average Bonchev–Trinajstić information content (AvgIpc) is 2.79. The highest BCUT2D eigenvalue weighted by atomic mass is 35.5. The second-order valence-electron chi connectivity index (χ2n) is 6.53. The van der Waals surface area contributed by atoms with Gasteiger partial charge >= 0.3 is 0 Å². The molecule has 5 heteroatoms. The lowest BCUT2D eigenvalue weighted by atomic mass is 9.92. The van der Waals surface area contributed by atoms with Gasteiger partial charge in [-0.05, 0) is 12.0 Å². The van der Waals surface area contributed by atoms with Gasteiger partial charge in [0.15, 0.2) is 5.82 Å². The molecule has 0 saturated heterocycles. The molecule has 1 atom stereocenters. The summed E-state index contributed by atoms with van der Waals surface area (Å²) in [4.78, 5) is 4.44. The Bertz CT molecular complexity index is 583. The molecule has 0 spiro atoms. The maximum absolute atomic E-state index is 6.03. The van der Waals surface area contributed by atoms with Crippen molar-refractivity contribution in [3.05, 3.63) is 24.2 Å². The summed E-state index contributed by atoms with van der Waals surface area (Å²) in [5, 5.41) is 8.06. The van der Waals surface area contributed by atoms with E-state index in [4.69, 9.17) is 11.6 Å². The first kappa shape index (κ1) is 15.1. The molecule has 20 heavy (non-hydrogen) atoms. The predicted molar refractivity (Wildman–Crippen MR) is 84.7 cm³/mol. The molecule has 1 unspecified atom stereocenters. The zero-order valence-electron chi connectivity index (χ0n) is 12.8. The first-order chi connectivity index (χ1) is 9.32. The fraction of sp³-hybridized carbons (Fsp3) is 0.600. The number of rotatable bonds is 4. The van der Waals surface area contributed by atoms with E-state index in [1.165, 1.54) is 0 Å². The van der Waals surface area contributed by atoms with Crippen molar-refractivity contribution in [2.45, 2.75) is 46.1 Å². The molecular formula is C15H23ClN4. The van der Waals surface area contributed by atoms with E-state index in [0.29, 0.717) is 11.8 Å². The van der Waals surface area contributed by atoms with Crippen molar-refractivity contribution in [3.8, 4) is 0 Å². The summed E-state index contributed by atoms with van der Waals surface area (Å²) in [6.07, 6.45) is 3.64. The number of hydrogen-bond donors (Lipinski definition) is 1. The minimum Gasteiger partial charge on any atom is -0.364 e. The number of nitrogens with one attached hydrogen (secondary N) is 1. The van der Waals surface area contributed by atoms with Crippen molar-refractivity contribution < 1.29 is 0 Å². The van der Waals surface area contributed by atoms with Gasteiger partial charge in [0.1, 0.15) is 5.52 Å². The zero-order chi connectivity index (χ0) is 14.9.